The van der Waals surface area contributed by atoms with Crippen molar-refractivity contribution >= 4 is 56.1 Å². The molecule has 14 heavy (non-hydrogen) atoms. The molecular weight excluding hydrogens is 382 g/mol. The number of halogens is 3. The van der Waals surface area contributed by atoms with Crippen LogP contribution in [0.4, 0.5) is 0 Å². The zero-order valence-electron chi connectivity index (χ0n) is 7.31. The topological polar surface area (TPSA) is 26.3 Å². The number of esters is 1. The van der Waals surface area contributed by atoms with Crippen LogP contribution in [-0.4, -0.2) is 12.6 Å². The molecule has 0 radical (unpaired) electrons. The Morgan fingerprint density at radius 3 is 2.86 bits per heavy atom. The van der Waals surface area contributed by atoms with E-state index in [4.69, 9.17) is 16.3 Å². The summed E-state index contributed by atoms with van der Waals surface area (Å²) < 4.78 is 6.51. The van der Waals surface area contributed by atoms with E-state index < -0.39 is 5.97 Å². The van der Waals surface area contributed by atoms with Crippen molar-refractivity contribution in [3.05, 3.63) is 30.8 Å². The molecule has 1 aromatic carbocycles. The van der Waals surface area contributed by atoms with Gasteiger partial charge in [-0.3, -0.25) is 0 Å². The van der Waals surface area contributed by atoms with E-state index in [0.717, 1.165) is 3.57 Å². The van der Waals surface area contributed by atoms with Gasteiger partial charge in [-0.15, -0.1) is 0 Å². The molecule has 76 valence electrons. The molecule has 0 aliphatic heterocycles. The van der Waals surface area contributed by atoms with Crippen molar-refractivity contribution in [1.29, 1.82) is 0 Å². The maximum atomic E-state index is 11.4. The minimum atomic E-state index is -0.392. The molecule has 1 aromatic rings. The molecule has 0 spiro atoms. The van der Waals surface area contributed by atoms with E-state index in [2.05, 4.69) is 38.5 Å². The molecule has 0 N–H and O–H groups in total. The number of carbonyl (C=O) groups excluding carboxylic acids is 1. The molecule has 0 bridgehead atoms. The van der Waals surface area contributed by atoms with Crippen LogP contribution >= 0.6 is 50.1 Å². The molecule has 0 atom stereocenters. The largest absolute Gasteiger partial charge is 0.462 e. The second kappa shape index (κ2) is 5.32. The zero-order valence-corrected chi connectivity index (χ0v) is 11.8. The fourth-order valence-corrected chi connectivity index (χ4v) is 2.61. The highest BCUT2D eigenvalue weighted by Crippen LogP contribution is 2.29. The third-order valence-electron chi connectivity index (χ3n) is 1.49. The number of ether oxygens (including phenoxy) is 1. The summed E-state index contributed by atoms with van der Waals surface area (Å²) in [6.45, 7) is 2.10. The van der Waals surface area contributed by atoms with Crippen LogP contribution in [0.25, 0.3) is 0 Å². The number of carbonyl (C=O) groups is 1. The van der Waals surface area contributed by atoms with Crippen LogP contribution in [0, 0.1) is 3.57 Å². The van der Waals surface area contributed by atoms with Crippen LogP contribution < -0.4 is 0 Å². The predicted molar refractivity (Wildman–Crippen MR) is 67.8 cm³/mol. The molecule has 0 aliphatic rings. The fraction of sp³-hybridized carbons (Fsp3) is 0.222. The van der Waals surface area contributed by atoms with Gasteiger partial charge in [-0.1, -0.05) is 11.6 Å². The average molecular weight is 389 g/mol. The van der Waals surface area contributed by atoms with Gasteiger partial charge in [-0.05, 0) is 57.6 Å². The predicted octanol–water partition coefficient (Wildman–Crippen LogP) is 3.88. The van der Waals surface area contributed by atoms with E-state index in [1.807, 2.05) is 6.07 Å². The Labute approximate surface area is 109 Å². The van der Waals surface area contributed by atoms with Crippen LogP contribution in [0.1, 0.15) is 17.3 Å². The molecule has 0 aromatic heterocycles. The summed E-state index contributed by atoms with van der Waals surface area (Å²) in [6, 6.07) is 3.54. The molecular formula is C9H7BrClIO2. The van der Waals surface area contributed by atoms with Gasteiger partial charge < -0.3 is 4.74 Å². The van der Waals surface area contributed by atoms with Gasteiger partial charge >= 0.3 is 5.97 Å². The van der Waals surface area contributed by atoms with Crippen LogP contribution in [0.2, 0.25) is 5.02 Å². The van der Waals surface area contributed by atoms with E-state index in [1.54, 1.807) is 13.0 Å². The summed E-state index contributed by atoms with van der Waals surface area (Å²) in [7, 11) is 0. The Balaban J connectivity index is 3.13. The molecule has 0 fully saturated rings. The molecule has 0 amide bonds. The summed E-state index contributed by atoms with van der Waals surface area (Å²) in [5.74, 6) is -0.392. The first-order chi connectivity index (χ1) is 6.56. The maximum absolute atomic E-state index is 11.4. The van der Waals surface area contributed by atoms with Gasteiger partial charge in [0.05, 0.1) is 17.2 Å². The van der Waals surface area contributed by atoms with Gasteiger partial charge in [0.25, 0.3) is 0 Å². The zero-order chi connectivity index (χ0) is 10.7. The smallest absolute Gasteiger partial charge is 0.339 e. The third-order valence-corrected chi connectivity index (χ3v) is 3.37. The Bertz CT molecular complexity index is 368. The van der Waals surface area contributed by atoms with Gasteiger partial charge in [0.15, 0.2) is 0 Å². The van der Waals surface area contributed by atoms with Gasteiger partial charge in [0.1, 0.15) is 0 Å². The first kappa shape index (κ1) is 12.3. The monoisotopic (exact) mass is 388 g/mol. The van der Waals surface area contributed by atoms with E-state index >= 15 is 0 Å². The second-order valence-corrected chi connectivity index (χ2v) is 4.95. The first-order valence-corrected chi connectivity index (χ1v) is 6.13. The van der Waals surface area contributed by atoms with Crippen molar-refractivity contribution in [1.82, 2.24) is 0 Å². The summed E-state index contributed by atoms with van der Waals surface area (Å²) in [4.78, 5) is 11.4. The molecule has 0 saturated heterocycles. The van der Waals surface area contributed by atoms with Crippen molar-refractivity contribution in [2.24, 2.45) is 0 Å². The van der Waals surface area contributed by atoms with E-state index in [-0.39, 0.29) is 0 Å². The Morgan fingerprint density at radius 2 is 2.29 bits per heavy atom. The van der Waals surface area contributed by atoms with Gasteiger partial charge in [0, 0.05) is 8.04 Å². The normalized spacial score (nSPS) is 10.0. The van der Waals surface area contributed by atoms with Crippen LogP contribution in [0.5, 0.6) is 0 Å². The van der Waals surface area contributed by atoms with E-state index in [0.29, 0.717) is 21.7 Å². The summed E-state index contributed by atoms with van der Waals surface area (Å²) in [5.41, 5.74) is 0.396. The van der Waals surface area contributed by atoms with Crippen molar-refractivity contribution in [2.45, 2.75) is 6.92 Å². The lowest BCUT2D eigenvalue weighted by atomic mass is 10.2. The molecule has 1 rings (SSSR count). The molecule has 0 unspecified atom stereocenters. The molecule has 0 saturated carbocycles. The van der Waals surface area contributed by atoms with E-state index in [1.165, 1.54) is 0 Å². The molecule has 5 heteroatoms. The van der Waals surface area contributed by atoms with Crippen molar-refractivity contribution in [3.63, 3.8) is 0 Å². The van der Waals surface area contributed by atoms with Gasteiger partial charge in [-0.25, -0.2) is 4.79 Å². The van der Waals surface area contributed by atoms with Crippen molar-refractivity contribution in [3.8, 4) is 0 Å². The van der Waals surface area contributed by atoms with Gasteiger partial charge in [-0.2, -0.15) is 0 Å². The first-order valence-electron chi connectivity index (χ1n) is 3.88. The maximum Gasteiger partial charge on any atom is 0.339 e. The lowest BCUT2D eigenvalue weighted by molar-refractivity contribution is 0.0526. The van der Waals surface area contributed by atoms with Crippen molar-refractivity contribution in [2.75, 3.05) is 6.61 Å². The quantitative estimate of drug-likeness (QED) is 0.436. The lowest BCUT2D eigenvalue weighted by Gasteiger charge is -2.06. The SMILES string of the molecule is CCOC(=O)c1cc(I)cc(Br)c1Cl. The highest BCUT2D eigenvalue weighted by atomic mass is 127. The van der Waals surface area contributed by atoms with Crippen LogP contribution in [-0.2, 0) is 4.74 Å². The van der Waals surface area contributed by atoms with E-state index in [9.17, 15) is 4.79 Å². The standard InChI is InChI=1S/C9H7BrClIO2/c1-2-14-9(13)6-3-5(12)4-7(10)8(6)11/h3-4H,2H2,1H3. The summed E-state index contributed by atoms with van der Waals surface area (Å²) in [6.07, 6.45) is 0. The minimum Gasteiger partial charge on any atom is -0.462 e. The minimum absolute atomic E-state index is 0.345. The Morgan fingerprint density at radius 1 is 1.64 bits per heavy atom. The Hall–Kier alpha value is 0.190. The second-order valence-electron chi connectivity index (χ2n) is 2.47. The molecule has 0 heterocycles. The number of hydrogen-bond donors (Lipinski definition) is 0. The number of hydrogen-bond acceptors (Lipinski definition) is 2. The Kier molecular flexibility index (Phi) is 4.66. The fourth-order valence-electron chi connectivity index (χ4n) is 0.913. The lowest BCUT2D eigenvalue weighted by Crippen LogP contribution is -2.06. The third kappa shape index (κ3) is 2.84. The van der Waals surface area contributed by atoms with Crippen molar-refractivity contribution < 1.29 is 9.53 Å². The molecule has 2 nitrogen and oxygen atoms in total. The van der Waals surface area contributed by atoms with Crippen LogP contribution in [0.15, 0.2) is 16.6 Å². The summed E-state index contributed by atoms with van der Waals surface area (Å²) in [5, 5.41) is 0.392. The highest BCUT2D eigenvalue weighted by molar-refractivity contribution is 14.1. The average Bonchev–Trinajstić information content (AvgIpc) is 2.11. The number of benzene rings is 1. The number of rotatable bonds is 2. The summed E-state index contributed by atoms with van der Waals surface area (Å²) >= 11 is 11.3. The molecule has 0 aliphatic carbocycles. The highest BCUT2D eigenvalue weighted by Gasteiger charge is 2.14. The van der Waals surface area contributed by atoms with Crippen LogP contribution in [0.3, 0.4) is 0 Å². The van der Waals surface area contributed by atoms with Gasteiger partial charge in [0.2, 0.25) is 0 Å².